The van der Waals surface area contributed by atoms with Gasteiger partial charge >= 0.3 is 0 Å². The maximum Gasteiger partial charge on any atom is 0.0293 e. The molecule has 0 aliphatic heterocycles. The summed E-state index contributed by atoms with van der Waals surface area (Å²) in [5, 5.41) is 0.923. The third-order valence-corrected chi connectivity index (χ3v) is 2.03. The van der Waals surface area contributed by atoms with Crippen molar-refractivity contribution in [2.24, 2.45) is 5.92 Å². The van der Waals surface area contributed by atoms with Gasteiger partial charge in [-0.25, -0.2) is 0 Å². The van der Waals surface area contributed by atoms with E-state index in [0.29, 0.717) is 19.0 Å². The second-order valence-corrected chi connectivity index (χ2v) is 3.21. The Bertz CT molecular complexity index is 85.6. The largest absolute Gasteiger partial charge is 0.146 e. The van der Waals surface area contributed by atoms with Crippen molar-refractivity contribution in [3.63, 3.8) is 0 Å². The molecule has 11 heavy (non-hydrogen) atoms. The minimum Gasteiger partial charge on any atom is -0.146 e. The zero-order valence-corrected chi connectivity index (χ0v) is 7.94. The lowest BCUT2D eigenvalue weighted by atomic mass is 10.1. The third-order valence-electron chi connectivity index (χ3n) is 2.03. The maximum absolute atomic E-state index is 12.7. The van der Waals surface area contributed by atoms with Gasteiger partial charge in [0.05, 0.1) is 0 Å². The molecule has 1 nitrogen and oxygen atoms in total. The van der Waals surface area contributed by atoms with Crippen LogP contribution in [0.25, 0.3) is 0 Å². The first kappa shape index (κ1) is 10.9. The normalized spacial score (nSPS) is 13.9. The third kappa shape index (κ3) is 6.29. The van der Waals surface area contributed by atoms with Crippen LogP contribution in [-0.2, 0) is 0 Å². The van der Waals surface area contributed by atoms with Gasteiger partial charge in [-0.05, 0) is 18.8 Å². The molecule has 0 radical (unpaired) electrons. The molecule has 0 aliphatic rings. The topological polar surface area (TPSA) is 3.24 Å². The molecule has 0 spiro atoms. The molecule has 0 bridgehead atoms. The SMILES string of the molecule is CCCN(F)CC[C@H](C)CC. The summed E-state index contributed by atoms with van der Waals surface area (Å²) in [7, 11) is 0. The van der Waals surface area contributed by atoms with Crippen LogP contribution < -0.4 is 0 Å². The summed E-state index contributed by atoms with van der Waals surface area (Å²) in [6, 6.07) is 0. The number of halogens is 1. The molecule has 0 saturated carbocycles. The van der Waals surface area contributed by atoms with Crippen molar-refractivity contribution in [3.8, 4) is 0 Å². The number of hydrogen-bond donors (Lipinski definition) is 0. The minimum absolute atomic E-state index is 0.580. The van der Waals surface area contributed by atoms with Crippen LogP contribution >= 0.6 is 0 Å². The molecular weight excluding hydrogens is 141 g/mol. The lowest BCUT2D eigenvalue weighted by molar-refractivity contribution is 0.0202. The molecule has 1 atom stereocenters. The molecular formula is C9H20FN. The van der Waals surface area contributed by atoms with Crippen LogP contribution in [0.3, 0.4) is 0 Å². The monoisotopic (exact) mass is 161 g/mol. The van der Waals surface area contributed by atoms with Gasteiger partial charge in [0.1, 0.15) is 0 Å². The highest BCUT2D eigenvalue weighted by atomic mass is 19.2. The molecule has 0 aromatic rings. The van der Waals surface area contributed by atoms with Gasteiger partial charge in [0, 0.05) is 13.1 Å². The van der Waals surface area contributed by atoms with Crippen molar-refractivity contribution in [2.75, 3.05) is 13.1 Å². The van der Waals surface area contributed by atoms with E-state index in [1.165, 1.54) is 0 Å². The van der Waals surface area contributed by atoms with E-state index in [0.717, 1.165) is 24.4 Å². The zero-order valence-electron chi connectivity index (χ0n) is 7.94. The van der Waals surface area contributed by atoms with Gasteiger partial charge in [-0.15, -0.1) is 9.60 Å². The van der Waals surface area contributed by atoms with E-state index in [4.69, 9.17) is 0 Å². The quantitative estimate of drug-likeness (QED) is 0.541. The van der Waals surface area contributed by atoms with Gasteiger partial charge in [0.2, 0.25) is 0 Å². The van der Waals surface area contributed by atoms with Crippen LogP contribution in [-0.4, -0.2) is 18.2 Å². The Balaban J connectivity index is 3.22. The number of hydrogen-bond acceptors (Lipinski definition) is 1. The fourth-order valence-electron chi connectivity index (χ4n) is 0.919. The molecule has 0 heterocycles. The van der Waals surface area contributed by atoms with E-state index >= 15 is 0 Å². The molecule has 2 heteroatoms. The highest BCUT2D eigenvalue weighted by Gasteiger charge is 2.03. The van der Waals surface area contributed by atoms with Crippen LogP contribution in [0.2, 0.25) is 0 Å². The summed E-state index contributed by atoms with van der Waals surface area (Å²) in [4.78, 5) is 0. The van der Waals surface area contributed by atoms with Crippen LogP contribution in [0.5, 0.6) is 0 Å². The van der Waals surface area contributed by atoms with Gasteiger partial charge in [-0.2, -0.15) is 0 Å². The molecule has 0 fully saturated rings. The van der Waals surface area contributed by atoms with Crippen molar-refractivity contribution in [1.29, 1.82) is 0 Å². The van der Waals surface area contributed by atoms with E-state index < -0.39 is 0 Å². The summed E-state index contributed by atoms with van der Waals surface area (Å²) < 4.78 is 12.7. The highest BCUT2D eigenvalue weighted by molar-refractivity contribution is 4.52. The van der Waals surface area contributed by atoms with Crippen LogP contribution in [0.15, 0.2) is 0 Å². The number of nitrogens with zero attached hydrogens (tertiary/aromatic N) is 1. The first-order valence-corrected chi connectivity index (χ1v) is 4.61. The zero-order chi connectivity index (χ0) is 8.69. The Kier molecular flexibility index (Phi) is 6.52. The van der Waals surface area contributed by atoms with Crippen LogP contribution in [0.4, 0.5) is 4.48 Å². The molecule has 0 aliphatic carbocycles. The van der Waals surface area contributed by atoms with Gasteiger partial charge < -0.3 is 0 Å². The Morgan fingerprint density at radius 2 is 1.91 bits per heavy atom. The molecule has 0 rings (SSSR count). The Morgan fingerprint density at radius 3 is 2.36 bits per heavy atom. The predicted octanol–water partition coefficient (Wildman–Crippen LogP) is 3.02. The maximum atomic E-state index is 12.7. The molecule has 0 unspecified atom stereocenters. The minimum atomic E-state index is 0.580. The predicted molar refractivity (Wildman–Crippen MR) is 47.0 cm³/mol. The van der Waals surface area contributed by atoms with E-state index in [-0.39, 0.29) is 0 Å². The summed E-state index contributed by atoms with van der Waals surface area (Å²) in [5.41, 5.74) is 0. The second-order valence-electron chi connectivity index (χ2n) is 3.21. The lowest BCUT2D eigenvalue weighted by Gasteiger charge is -2.13. The van der Waals surface area contributed by atoms with Gasteiger partial charge in [-0.3, -0.25) is 0 Å². The Hall–Kier alpha value is -0.110. The molecule has 0 saturated heterocycles. The molecule has 0 amide bonds. The highest BCUT2D eigenvalue weighted by Crippen LogP contribution is 2.07. The van der Waals surface area contributed by atoms with E-state index in [2.05, 4.69) is 13.8 Å². The van der Waals surface area contributed by atoms with Crippen molar-refractivity contribution in [1.82, 2.24) is 5.12 Å². The van der Waals surface area contributed by atoms with Crippen molar-refractivity contribution in [2.45, 2.75) is 40.0 Å². The summed E-state index contributed by atoms with van der Waals surface area (Å²) >= 11 is 0. The second kappa shape index (κ2) is 6.59. The molecule has 0 N–H and O–H groups in total. The fraction of sp³-hybridized carbons (Fsp3) is 1.00. The summed E-state index contributed by atoms with van der Waals surface area (Å²) in [6.07, 6.45) is 3.03. The Labute approximate surface area is 69.5 Å². The average Bonchev–Trinajstić information content (AvgIpc) is 2.01. The number of rotatable bonds is 6. The van der Waals surface area contributed by atoms with Crippen molar-refractivity contribution < 1.29 is 4.48 Å². The van der Waals surface area contributed by atoms with Gasteiger partial charge in [-0.1, -0.05) is 27.2 Å². The first-order valence-electron chi connectivity index (χ1n) is 4.61. The van der Waals surface area contributed by atoms with E-state index in [9.17, 15) is 4.48 Å². The summed E-state index contributed by atoms with van der Waals surface area (Å²) in [5.74, 6) is 0.658. The molecule has 0 aromatic heterocycles. The van der Waals surface area contributed by atoms with Gasteiger partial charge in [0.15, 0.2) is 0 Å². The van der Waals surface area contributed by atoms with Gasteiger partial charge in [0.25, 0.3) is 0 Å². The van der Waals surface area contributed by atoms with Crippen LogP contribution in [0, 0.1) is 5.92 Å². The van der Waals surface area contributed by atoms with E-state index in [1.54, 1.807) is 0 Å². The summed E-state index contributed by atoms with van der Waals surface area (Å²) in [6.45, 7) is 7.49. The average molecular weight is 161 g/mol. The van der Waals surface area contributed by atoms with E-state index in [1.807, 2.05) is 6.92 Å². The first-order chi connectivity index (χ1) is 5.20. The molecule has 0 aromatic carbocycles. The van der Waals surface area contributed by atoms with Crippen LogP contribution in [0.1, 0.15) is 40.0 Å². The van der Waals surface area contributed by atoms with Crippen molar-refractivity contribution >= 4 is 0 Å². The standard InChI is InChI=1S/C9H20FN/c1-4-7-11(10)8-6-9(3)5-2/h9H,4-8H2,1-3H3/t9-/m1/s1. The Morgan fingerprint density at radius 1 is 1.27 bits per heavy atom. The fourth-order valence-corrected chi connectivity index (χ4v) is 0.919. The lowest BCUT2D eigenvalue weighted by Crippen LogP contribution is -2.17. The molecule has 68 valence electrons. The van der Waals surface area contributed by atoms with Crippen molar-refractivity contribution in [3.05, 3.63) is 0 Å². The smallest absolute Gasteiger partial charge is 0.0293 e.